The molecule has 5 heteroatoms. The highest BCUT2D eigenvalue weighted by molar-refractivity contribution is 6.35. The van der Waals surface area contributed by atoms with Gasteiger partial charge < -0.3 is 9.88 Å². The molecular weight excluding hydrogens is 319 g/mol. The maximum atomic E-state index is 6.61. The Morgan fingerprint density at radius 3 is 2.54 bits per heavy atom. The molecule has 122 valence electrons. The zero-order chi connectivity index (χ0) is 17.7. The van der Waals surface area contributed by atoms with Gasteiger partial charge in [0.25, 0.3) is 0 Å². The molecule has 0 fully saturated rings. The van der Waals surface area contributed by atoms with E-state index >= 15 is 0 Å². The molecule has 1 N–H and O–H groups in total. The predicted molar refractivity (Wildman–Crippen MR) is 106 cm³/mol. The van der Waals surface area contributed by atoms with Crippen molar-refractivity contribution in [3.8, 4) is 28.3 Å². The third-order valence-corrected chi connectivity index (χ3v) is 4.76. The van der Waals surface area contributed by atoms with Gasteiger partial charge in [0.15, 0.2) is 5.82 Å². The third-order valence-electron chi connectivity index (χ3n) is 4.76. The molecule has 2 aromatic heterocycles. The van der Waals surface area contributed by atoms with Crippen LogP contribution in [0.15, 0.2) is 66.9 Å². The smallest absolute Gasteiger partial charge is 0.154 e. The standard InChI is InChI=1S/C21H15BN4/c1-13-7-2-3-8-14(13)18-19(22)26-17-11-6-12-23-20(17)24-16-10-5-4-9-15(16)21(26)25-18/h2-12H,1H3,(H,23,24). The second-order valence-electron chi connectivity index (χ2n) is 6.36. The fourth-order valence-corrected chi connectivity index (χ4v) is 3.48. The van der Waals surface area contributed by atoms with Gasteiger partial charge >= 0.3 is 0 Å². The van der Waals surface area contributed by atoms with Crippen LogP contribution in [0.4, 0.5) is 11.5 Å². The van der Waals surface area contributed by atoms with E-state index in [9.17, 15) is 0 Å². The van der Waals surface area contributed by atoms with E-state index in [1.165, 1.54) is 0 Å². The molecule has 26 heavy (non-hydrogen) atoms. The second-order valence-corrected chi connectivity index (χ2v) is 6.36. The van der Waals surface area contributed by atoms with E-state index in [0.29, 0.717) is 5.59 Å². The molecule has 0 saturated heterocycles. The summed E-state index contributed by atoms with van der Waals surface area (Å²) in [5.74, 6) is 1.58. The zero-order valence-electron chi connectivity index (χ0n) is 14.3. The van der Waals surface area contributed by atoms with Crippen molar-refractivity contribution in [2.24, 2.45) is 0 Å². The van der Waals surface area contributed by atoms with Crippen LogP contribution >= 0.6 is 0 Å². The molecule has 4 nitrogen and oxygen atoms in total. The Morgan fingerprint density at radius 2 is 1.69 bits per heavy atom. The van der Waals surface area contributed by atoms with Crippen molar-refractivity contribution < 1.29 is 0 Å². The summed E-state index contributed by atoms with van der Waals surface area (Å²) >= 11 is 0. The molecule has 1 aliphatic rings. The first kappa shape index (κ1) is 15.0. The lowest BCUT2D eigenvalue weighted by molar-refractivity contribution is 1.09. The van der Waals surface area contributed by atoms with Crippen molar-refractivity contribution in [3.05, 3.63) is 72.4 Å². The Balaban J connectivity index is 1.88. The predicted octanol–water partition coefficient (Wildman–Crippen LogP) is 3.76. The minimum absolute atomic E-state index is 0.613. The number of nitrogens with one attached hydrogen (secondary N) is 1. The number of hydrogen-bond donors (Lipinski definition) is 1. The van der Waals surface area contributed by atoms with Crippen LogP contribution in [0, 0.1) is 6.92 Å². The average Bonchev–Trinajstić information content (AvgIpc) is 2.92. The van der Waals surface area contributed by atoms with E-state index < -0.39 is 0 Å². The summed E-state index contributed by atoms with van der Waals surface area (Å²) in [4.78, 5) is 9.45. The van der Waals surface area contributed by atoms with Gasteiger partial charge in [-0.05, 0) is 42.3 Å². The van der Waals surface area contributed by atoms with E-state index in [1.54, 1.807) is 6.20 Å². The quantitative estimate of drug-likeness (QED) is 0.475. The van der Waals surface area contributed by atoms with Crippen LogP contribution in [0.2, 0.25) is 0 Å². The fourth-order valence-electron chi connectivity index (χ4n) is 3.48. The van der Waals surface area contributed by atoms with Crippen molar-refractivity contribution in [1.82, 2.24) is 14.5 Å². The first-order valence-electron chi connectivity index (χ1n) is 8.50. The van der Waals surface area contributed by atoms with E-state index in [2.05, 4.69) is 29.4 Å². The average molecular weight is 334 g/mol. The minimum atomic E-state index is 0.613. The van der Waals surface area contributed by atoms with Gasteiger partial charge in [-0.25, -0.2) is 9.97 Å². The molecule has 5 rings (SSSR count). The summed E-state index contributed by atoms with van der Waals surface area (Å²) in [5.41, 5.74) is 6.45. The highest BCUT2D eigenvalue weighted by Gasteiger charge is 2.24. The van der Waals surface area contributed by atoms with Gasteiger partial charge in [0.2, 0.25) is 0 Å². The zero-order valence-corrected chi connectivity index (χ0v) is 14.3. The van der Waals surface area contributed by atoms with Gasteiger partial charge in [-0.15, -0.1) is 0 Å². The number of hydrogen-bond acceptors (Lipinski definition) is 3. The van der Waals surface area contributed by atoms with E-state index in [-0.39, 0.29) is 0 Å². The van der Waals surface area contributed by atoms with Crippen molar-refractivity contribution >= 4 is 24.9 Å². The largest absolute Gasteiger partial charge is 0.338 e. The molecule has 2 aromatic carbocycles. The second kappa shape index (κ2) is 5.59. The highest BCUT2D eigenvalue weighted by atomic mass is 15.2. The van der Waals surface area contributed by atoms with Gasteiger partial charge in [-0.3, -0.25) is 0 Å². The van der Waals surface area contributed by atoms with Crippen molar-refractivity contribution in [2.75, 3.05) is 5.32 Å². The van der Waals surface area contributed by atoms with E-state index in [1.807, 2.05) is 53.1 Å². The highest BCUT2D eigenvalue weighted by Crippen LogP contribution is 2.37. The summed E-state index contributed by atoms with van der Waals surface area (Å²) < 4.78 is 1.99. The van der Waals surface area contributed by atoms with Crippen molar-refractivity contribution in [3.63, 3.8) is 0 Å². The monoisotopic (exact) mass is 334 g/mol. The van der Waals surface area contributed by atoms with E-state index in [4.69, 9.17) is 12.8 Å². The first-order valence-corrected chi connectivity index (χ1v) is 8.50. The van der Waals surface area contributed by atoms with Crippen LogP contribution < -0.4 is 10.9 Å². The Kier molecular flexibility index (Phi) is 3.22. The fraction of sp³-hybridized carbons (Fsp3) is 0.0476. The number of benzene rings is 2. The number of anilines is 2. The number of pyridine rings is 1. The molecular formula is C21H15BN4. The number of imidazole rings is 1. The summed E-state index contributed by atoms with van der Waals surface area (Å²) in [6, 6.07) is 20.2. The number of fused-ring (bicyclic) bond motifs is 5. The molecule has 0 bridgehead atoms. The van der Waals surface area contributed by atoms with Gasteiger partial charge in [0.1, 0.15) is 13.7 Å². The maximum Gasteiger partial charge on any atom is 0.154 e. The number of aromatic nitrogens is 3. The third kappa shape index (κ3) is 2.10. The number of para-hydroxylation sites is 1. The summed E-state index contributed by atoms with van der Waals surface area (Å²) in [6.45, 7) is 2.07. The molecule has 2 radical (unpaired) electrons. The number of nitrogens with zero attached hydrogens (tertiary/aromatic N) is 3. The lowest BCUT2D eigenvalue weighted by Crippen LogP contribution is -2.18. The summed E-state index contributed by atoms with van der Waals surface area (Å²) in [6.07, 6.45) is 1.77. The van der Waals surface area contributed by atoms with Crippen molar-refractivity contribution in [1.29, 1.82) is 0 Å². The van der Waals surface area contributed by atoms with Gasteiger partial charge in [0, 0.05) is 17.3 Å². The first-order chi connectivity index (χ1) is 12.7. The lowest BCUT2D eigenvalue weighted by atomic mass is 9.95. The molecule has 0 spiro atoms. The summed E-state index contributed by atoms with van der Waals surface area (Å²) in [7, 11) is 6.61. The van der Waals surface area contributed by atoms with Gasteiger partial charge in [0.05, 0.1) is 17.1 Å². The topological polar surface area (TPSA) is 42.7 Å². The maximum absolute atomic E-state index is 6.61. The molecule has 0 aliphatic carbocycles. The molecule has 0 unspecified atom stereocenters. The normalized spacial score (nSPS) is 11.7. The van der Waals surface area contributed by atoms with Gasteiger partial charge in [-0.1, -0.05) is 36.4 Å². The minimum Gasteiger partial charge on any atom is -0.338 e. The molecule has 3 heterocycles. The van der Waals surface area contributed by atoms with Crippen LogP contribution in [-0.4, -0.2) is 22.4 Å². The number of aryl methyl sites for hydroxylation is 1. The Morgan fingerprint density at radius 1 is 0.923 bits per heavy atom. The van der Waals surface area contributed by atoms with Crippen molar-refractivity contribution in [2.45, 2.75) is 6.92 Å². The van der Waals surface area contributed by atoms with Crippen LogP contribution in [0.5, 0.6) is 0 Å². The molecule has 4 aromatic rings. The molecule has 0 amide bonds. The molecule has 1 aliphatic heterocycles. The molecule has 0 atom stereocenters. The lowest BCUT2D eigenvalue weighted by Gasteiger charge is -2.11. The SMILES string of the molecule is [B]c1c(-c2ccccc2C)nc2n1-c1cccnc1Nc1ccccc1-2. The Bertz CT molecular complexity index is 1150. The Hall–Kier alpha value is -3.34. The van der Waals surface area contributed by atoms with Crippen LogP contribution in [0.1, 0.15) is 5.56 Å². The van der Waals surface area contributed by atoms with Crippen LogP contribution in [0.3, 0.4) is 0 Å². The summed E-state index contributed by atoms with van der Waals surface area (Å²) in [5, 5.41) is 3.41. The van der Waals surface area contributed by atoms with Crippen LogP contribution in [-0.2, 0) is 0 Å². The number of rotatable bonds is 1. The van der Waals surface area contributed by atoms with E-state index in [0.717, 1.165) is 45.4 Å². The van der Waals surface area contributed by atoms with Gasteiger partial charge in [-0.2, -0.15) is 0 Å². The Labute approximate surface area is 153 Å². The molecule has 0 saturated carbocycles. The van der Waals surface area contributed by atoms with Crippen LogP contribution in [0.25, 0.3) is 28.3 Å².